The van der Waals surface area contributed by atoms with Gasteiger partial charge in [0.05, 0.1) is 4.92 Å². The van der Waals surface area contributed by atoms with Crippen molar-refractivity contribution in [2.75, 3.05) is 5.73 Å². The molecule has 3 N–H and O–H groups in total. The maximum Gasteiger partial charge on any atom is 0.312 e. The Labute approximate surface area is 162 Å². The van der Waals surface area contributed by atoms with Crippen molar-refractivity contribution in [2.24, 2.45) is 0 Å². The number of nitrogen functional groups attached to an aromatic ring is 1. The summed E-state index contributed by atoms with van der Waals surface area (Å²) in [6, 6.07) is 12.0. The van der Waals surface area contributed by atoms with E-state index in [1.807, 2.05) is 0 Å². The maximum absolute atomic E-state index is 13.0. The van der Waals surface area contributed by atoms with Crippen molar-refractivity contribution in [1.82, 2.24) is 4.98 Å². The summed E-state index contributed by atoms with van der Waals surface area (Å²) in [6.07, 6.45) is 0. The number of rotatable bonds is 4. The van der Waals surface area contributed by atoms with Crippen molar-refractivity contribution in [1.29, 1.82) is 10.5 Å². The van der Waals surface area contributed by atoms with E-state index >= 15 is 0 Å². The highest BCUT2D eigenvalue weighted by Gasteiger charge is 2.23. The first kappa shape index (κ1) is 19.1. The van der Waals surface area contributed by atoms with E-state index < -0.39 is 27.6 Å². The Bertz CT molecular complexity index is 1270. The molecule has 2 aromatic carbocycles. The molecule has 0 amide bonds. The highest BCUT2D eigenvalue weighted by molar-refractivity contribution is 5.81. The number of halogens is 1. The minimum Gasteiger partial charge on any atom is -0.450 e. The minimum atomic E-state index is -0.826. The first-order valence-electron chi connectivity index (χ1n) is 7.94. The van der Waals surface area contributed by atoms with Gasteiger partial charge in [0.2, 0.25) is 5.75 Å². The number of anilines is 1. The molecule has 0 saturated heterocycles. The topological polar surface area (TPSA) is 159 Å². The van der Waals surface area contributed by atoms with Gasteiger partial charge in [0, 0.05) is 11.6 Å². The molecule has 0 spiro atoms. The van der Waals surface area contributed by atoms with Crippen LogP contribution in [0.15, 0.2) is 47.3 Å². The molecular weight excluding hydrogens is 381 g/mol. The normalized spacial score (nSPS) is 10.0. The number of nitrogens with two attached hydrogens (primary N) is 1. The average molecular weight is 391 g/mol. The van der Waals surface area contributed by atoms with Gasteiger partial charge in [-0.05, 0) is 35.9 Å². The molecular formula is C19H10FN5O4. The lowest BCUT2D eigenvalue weighted by Crippen LogP contribution is -2.16. The summed E-state index contributed by atoms with van der Waals surface area (Å²) in [5.41, 5.74) is 3.69. The molecule has 0 fully saturated rings. The number of nitriles is 2. The van der Waals surface area contributed by atoms with Gasteiger partial charge in [-0.25, -0.2) is 4.39 Å². The fourth-order valence-electron chi connectivity index (χ4n) is 2.66. The highest BCUT2D eigenvalue weighted by Crippen LogP contribution is 2.37. The molecule has 0 aliphatic rings. The second-order valence-electron chi connectivity index (χ2n) is 5.71. The van der Waals surface area contributed by atoms with E-state index in [1.54, 1.807) is 12.1 Å². The third-order valence-electron chi connectivity index (χ3n) is 3.95. The number of aromatic amines is 1. The number of nitrogens with zero attached hydrogens (tertiary/aromatic N) is 3. The van der Waals surface area contributed by atoms with Crippen LogP contribution in [0.3, 0.4) is 0 Å². The molecule has 1 heterocycles. The Kier molecular flexibility index (Phi) is 4.93. The lowest BCUT2D eigenvalue weighted by molar-refractivity contribution is -0.385. The Hall–Kier alpha value is -4.70. The molecule has 9 nitrogen and oxygen atoms in total. The SMILES string of the molecule is N#Cc1c(N)[nH]c(=O)c(C#N)c1-c1ccc(Oc2ccc(F)cc2)c([N+](=O)[O-])c1. The number of benzene rings is 2. The molecule has 29 heavy (non-hydrogen) atoms. The predicted octanol–water partition coefficient (Wildman–Crippen LogP) is 3.21. The highest BCUT2D eigenvalue weighted by atomic mass is 19.1. The van der Waals surface area contributed by atoms with E-state index in [0.717, 1.165) is 18.2 Å². The number of nitro groups is 1. The van der Waals surface area contributed by atoms with Gasteiger partial charge in [-0.3, -0.25) is 14.9 Å². The Balaban J connectivity index is 2.19. The smallest absolute Gasteiger partial charge is 0.312 e. The van der Waals surface area contributed by atoms with Crippen LogP contribution in [0.5, 0.6) is 11.5 Å². The van der Waals surface area contributed by atoms with Crippen molar-refractivity contribution in [3.63, 3.8) is 0 Å². The summed E-state index contributed by atoms with van der Waals surface area (Å²) in [5.74, 6) is -0.749. The van der Waals surface area contributed by atoms with E-state index in [9.17, 15) is 29.8 Å². The van der Waals surface area contributed by atoms with Gasteiger partial charge in [0.25, 0.3) is 5.56 Å². The largest absolute Gasteiger partial charge is 0.450 e. The van der Waals surface area contributed by atoms with Crippen LogP contribution in [0.1, 0.15) is 11.1 Å². The fraction of sp³-hybridized carbons (Fsp3) is 0. The average Bonchev–Trinajstić information content (AvgIpc) is 2.69. The number of nitrogens with one attached hydrogen (secondary N) is 1. The van der Waals surface area contributed by atoms with Crippen LogP contribution in [0.2, 0.25) is 0 Å². The quantitative estimate of drug-likeness (QED) is 0.510. The van der Waals surface area contributed by atoms with Crippen LogP contribution in [-0.2, 0) is 0 Å². The summed E-state index contributed by atoms with van der Waals surface area (Å²) in [4.78, 5) is 25.0. The first-order valence-corrected chi connectivity index (χ1v) is 7.94. The number of pyridine rings is 1. The number of hydrogen-bond donors (Lipinski definition) is 2. The summed E-state index contributed by atoms with van der Waals surface area (Å²) in [7, 11) is 0. The minimum absolute atomic E-state index is 0.0639. The van der Waals surface area contributed by atoms with Crippen molar-refractivity contribution >= 4 is 11.5 Å². The van der Waals surface area contributed by atoms with Gasteiger partial charge < -0.3 is 15.5 Å². The van der Waals surface area contributed by atoms with E-state index in [0.29, 0.717) is 0 Å². The zero-order valence-corrected chi connectivity index (χ0v) is 14.5. The van der Waals surface area contributed by atoms with Gasteiger partial charge in [-0.15, -0.1) is 0 Å². The lowest BCUT2D eigenvalue weighted by atomic mass is 9.96. The van der Waals surface area contributed by atoms with Crippen molar-refractivity contribution in [3.8, 4) is 34.8 Å². The second kappa shape index (κ2) is 7.50. The van der Waals surface area contributed by atoms with Crippen LogP contribution >= 0.6 is 0 Å². The zero-order chi connectivity index (χ0) is 21.1. The number of nitro benzene ring substituents is 1. The molecule has 0 atom stereocenters. The number of ether oxygens (including phenoxy) is 1. The Morgan fingerprint density at radius 1 is 1.10 bits per heavy atom. The lowest BCUT2D eigenvalue weighted by Gasteiger charge is -2.11. The standard InChI is InChI=1S/C19H10FN5O4/c20-11-2-4-12(5-3-11)29-16-6-1-10(7-15(16)25(27)28)17-13(8-21)18(23)24-19(26)14(17)9-22/h1-7H,(H3,23,24,26). The fourth-order valence-corrected chi connectivity index (χ4v) is 2.66. The summed E-state index contributed by atoms with van der Waals surface area (Å²) in [6.45, 7) is 0. The van der Waals surface area contributed by atoms with Gasteiger partial charge in [-0.2, -0.15) is 10.5 Å². The first-order chi connectivity index (χ1) is 13.8. The molecule has 142 valence electrons. The van der Waals surface area contributed by atoms with Crippen molar-refractivity contribution in [2.45, 2.75) is 0 Å². The van der Waals surface area contributed by atoms with Gasteiger partial charge in [0.15, 0.2) is 0 Å². The summed E-state index contributed by atoms with van der Waals surface area (Å²) < 4.78 is 18.5. The number of hydrogen-bond acceptors (Lipinski definition) is 7. The van der Waals surface area contributed by atoms with Crippen LogP contribution < -0.4 is 16.0 Å². The molecule has 3 rings (SSSR count). The predicted molar refractivity (Wildman–Crippen MR) is 99.5 cm³/mol. The van der Waals surface area contributed by atoms with Crippen molar-refractivity contribution in [3.05, 3.63) is 79.9 Å². The Morgan fingerprint density at radius 3 is 2.34 bits per heavy atom. The second-order valence-corrected chi connectivity index (χ2v) is 5.71. The maximum atomic E-state index is 13.0. The van der Waals surface area contributed by atoms with Gasteiger partial charge in [0.1, 0.15) is 40.6 Å². The molecule has 0 aliphatic heterocycles. The van der Waals surface area contributed by atoms with E-state index in [1.165, 1.54) is 24.3 Å². The number of aromatic nitrogens is 1. The van der Waals surface area contributed by atoms with Gasteiger partial charge in [-0.1, -0.05) is 6.07 Å². The van der Waals surface area contributed by atoms with Crippen LogP contribution in [-0.4, -0.2) is 9.91 Å². The summed E-state index contributed by atoms with van der Waals surface area (Å²) in [5, 5.41) is 30.2. The van der Waals surface area contributed by atoms with Gasteiger partial charge >= 0.3 is 5.69 Å². The monoisotopic (exact) mass is 391 g/mol. The van der Waals surface area contributed by atoms with Crippen LogP contribution in [0.4, 0.5) is 15.9 Å². The van der Waals surface area contributed by atoms with Crippen LogP contribution in [0, 0.1) is 38.6 Å². The number of H-pyrrole nitrogens is 1. The molecule has 1 aromatic heterocycles. The third kappa shape index (κ3) is 3.59. The molecule has 0 saturated carbocycles. The molecule has 3 aromatic rings. The molecule has 0 aliphatic carbocycles. The van der Waals surface area contributed by atoms with Crippen molar-refractivity contribution < 1.29 is 14.1 Å². The van der Waals surface area contributed by atoms with E-state index in [-0.39, 0.29) is 34.0 Å². The summed E-state index contributed by atoms with van der Waals surface area (Å²) >= 11 is 0. The van der Waals surface area contributed by atoms with Crippen LogP contribution in [0.25, 0.3) is 11.1 Å². The zero-order valence-electron chi connectivity index (χ0n) is 14.5. The van der Waals surface area contributed by atoms with E-state index in [4.69, 9.17) is 10.5 Å². The molecule has 10 heteroatoms. The molecule has 0 radical (unpaired) electrons. The van der Waals surface area contributed by atoms with E-state index in [2.05, 4.69) is 4.98 Å². The molecule has 0 unspecified atom stereocenters. The third-order valence-corrected chi connectivity index (χ3v) is 3.95. The Morgan fingerprint density at radius 2 is 1.76 bits per heavy atom. The molecule has 0 bridgehead atoms.